The lowest BCUT2D eigenvalue weighted by atomic mass is 9.85. The summed E-state index contributed by atoms with van der Waals surface area (Å²) in [5.41, 5.74) is 4.97. The second-order valence-electron chi connectivity index (χ2n) is 7.68. The van der Waals surface area contributed by atoms with Gasteiger partial charge in [0.15, 0.2) is 0 Å². The standard InChI is InChI=1S/C22H21N3O2/c1-13(26)25-11-16(12-25)18-8-15-9-21(17-4-2-3-5-22(17)27)24-23-20(15)10-19(18)14-6-7-14/h2-5,8-10,14,16,27H,6-7,11-12H2,1H3. The zero-order chi connectivity index (χ0) is 18.5. The summed E-state index contributed by atoms with van der Waals surface area (Å²) in [6, 6.07) is 13.6. The average molecular weight is 359 g/mol. The van der Waals surface area contributed by atoms with Crippen molar-refractivity contribution in [3.63, 3.8) is 0 Å². The minimum absolute atomic E-state index is 0.146. The number of rotatable bonds is 3. The van der Waals surface area contributed by atoms with Crippen molar-refractivity contribution in [2.45, 2.75) is 31.6 Å². The van der Waals surface area contributed by atoms with E-state index in [0.29, 0.717) is 23.1 Å². The van der Waals surface area contributed by atoms with Gasteiger partial charge in [0.2, 0.25) is 5.91 Å². The maximum atomic E-state index is 11.6. The van der Waals surface area contributed by atoms with Gasteiger partial charge in [-0.15, -0.1) is 10.2 Å². The third-order valence-electron chi connectivity index (χ3n) is 5.75. The van der Waals surface area contributed by atoms with E-state index in [0.717, 1.165) is 24.0 Å². The molecular formula is C22H21N3O2. The molecule has 5 heteroatoms. The molecule has 0 radical (unpaired) electrons. The molecule has 1 N–H and O–H groups in total. The smallest absolute Gasteiger partial charge is 0.219 e. The van der Waals surface area contributed by atoms with Gasteiger partial charge in [-0.25, -0.2) is 0 Å². The minimum Gasteiger partial charge on any atom is -0.507 e. The van der Waals surface area contributed by atoms with E-state index in [1.165, 1.54) is 24.0 Å². The van der Waals surface area contributed by atoms with Crippen molar-refractivity contribution in [3.05, 3.63) is 53.6 Å². The maximum Gasteiger partial charge on any atom is 0.219 e. The van der Waals surface area contributed by atoms with Gasteiger partial charge in [-0.3, -0.25) is 4.79 Å². The number of para-hydroxylation sites is 1. The fourth-order valence-electron chi connectivity index (χ4n) is 3.98. The number of benzene rings is 2. The molecule has 1 saturated heterocycles. The summed E-state index contributed by atoms with van der Waals surface area (Å²) in [6.07, 6.45) is 2.45. The van der Waals surface area contributed by atoms with E-state index < -0.39 is 0 Å². The van der Waals surface area contributed by atoms with Crippen LogP contribution in [-0.4, -0.2) is 39.2 Å². The first kappa shape index (κ1) is 16.2. The van der Waals surface area contributed by atoms with Gasteiger partial charge in [0.05, 0.1) is 11.2 Å². The Kier molecular flexibility index (Phi) is 3.64. The molecule has 3 aromatic rings. The lowest BCUT2D eigenvalue weighted by Gasteiger charge is -2.40. The van der Waals surface area contributed by atoms with Crippen LogP contribution in [-0.2, 0) is 4.79 Å². The van der Waals surface area contributed by atoms with Crippen molar-refractivity contribution in [2.75, 3.05) is 13.1 Å². The fourth-order valence-corrected chi connectivity index (χ4v) is 3.98. The third kappa shape index (κ3) is 2.83. The van der Waals surface area contributed by atoms with Gasteiger partial charge in [0, 0.05) is 36.9 Å². The van der Waals surface area contributed by atoms with E-state index in [1.54, 1.807) is 19.1 Å². The molecule has 1 aromatic heterocycles. The highest BCUT2D eigenvalue weighted by Gasteiger charge is 2.35. The highest BCUT2D eigenvalue weighted by Crippen LogP contribution is 2.46. The lowest BCUT2D eigenvalue weighted by Crippen LogP contribution is -2.47. The summed E-state index contributed by atoms with van der Waals surface area (Å²) in [5, 5.41) is 19.9. The second kappa shape index (κ2) is 6.05. The molecule has 2 fully saturated rings. The number of phenolic OH excluding ortho intramolecular Hbond substituents is 1. The van der Waals surface area contributed by atoms with Gasteiger partial charge in [0.1, 0.15) is 5.75 Å². The van der Waals surface area contributed by atoms with Crippen molar-refractivity contribution < 1.29 is 9.90 Å². The molecule has 27 heavy (non-hydrogen) atoms. The molecule has 0 unspecified atom stereocenters. The molecule has 2 aliphatic rings. The van der Waals surface area contributed by atoms with Crippen molar-refractivity contribution in [1.29, 1.82) is 0 Å². The van der Waals surface area contributed by atoms with Crippen LogP contribution in [0.3, 0.4) is 0 Å². The van der Waals surface area contributed by atoms with Gasteiger partial charge >= 0.3 is 0 Å². The molecule has 0 bridgehead atoms. The molecule has 0 spiro atoms. The Labute approximate surface area is 157 Å². The van der Waals surface area contributed by atoms with E-state index in [-0.39, 0.29) is 11.7 Å². The fraction of sp³-hybridized carbons (Fsp3) is 0.318. The minimum atomic E-state index is 0.146. The molecule has 1 aliphatic carbocycles. The number of carbonyl (C=O) groups is 1. The van der Waals surface area contributed by atoms with Crippen LogP contribution in [0.4, 0.5) is 0 Å². The number of phenols is 1. The average Bonchev–Trinajstić information content (AvgIpc) is 3.44. The van der Waals surface area contributed by atoms with Crippen LogP contribution in [0.2, 0.25) is 0 Å². The first-order chi connectivity index (χ1) is 13.1. The van der Waals surface area contributed by atoms with Crippen molar-refractivity contribution in [1.82, 2.24) is 15.1 Å². The number of aromatic hydroxyl groups is 1. The predicted molar refractivity (Wildman–Crippen MR) is 104 cm³/mol. The summed E-state index contributed by atoms with van der Waals surface area (Å²) in [7, 11) is 0. The second-order valence-corrected chi connectivity index (χ2v) is 7.68. The number of amides is 1. The van der Waals surface area contributed by atoms with E-state index in [2.05, 4.69) is 22.3 Å². The van der Waals surface area contributed by atoms with Crippen LogP contribution in [0.1, 0.15) is 42.7 Å². The Hall–Kier alpha value is -2.95. The van der Waals surface area contributed by atoms with Gasteiger partial charge in [-0.05, 0) is 60.2 Å². The van der Waals surface area contributed by atoms with Gasteiger partial charge < -0.3 is 10.0 Å². The molecule has 136 valence electrons. The Morgan fingerprint density at radius 2 is 1.78 bits per heavy atom. The molecule has 5 rings (SSSR count). The SMILES string of the molecule is CC(=O)N1CC(c2cc3cc(-c4ccccc4O)nnc3cc2C2CC2)C1. The molecular weight excluding hydrogens is 338 g/mol. The van der Waals surface area contributed by atoms with Crippen molar-refractivity contribution >= 4 is 16.8 Å². The Morgan fingerprint density at radius 3 is 2.48 bits per heavy atom. The quantitative estimate of drug-likeness (QED) is 0.772. The van der Waals surface area contributed by atoms with Gasteiger partial charge in [0.25, 0.3) is 0 Å². The van der Waals surface area contributed by atoms with Gasteiger partial charge in [-0.2, -0.15) is 0 Å². The van der Waals surface area contributed by atoms with Crippen molar-refractivity contribution in [3.8, 4) is 17.0 Å². The maximum absolute atomic E-state index is 11.6. The summed E-state index contributed by atoms with van der Waals surface area (Å²) in [4.78, 5) is 13.5. The predicted octanol–water partition coefficient (Wildman–Crippen LogP) is 3.83. The van der Waals surface area contributed by atoms with Crippen LogP contribution in [0, 0.1) is 0 Å². The number of aromatic nitrogens is 2. The topological polar surface area (TPSA) is 66.3 Å². The Balaban J connectivity index is 1.58. The molecule has 5 nitrogen and oxygen atoms in total. The number of likely N-dealkylation sites (tertiary alicyclic amines) is 1. The highest BCUT2D eigenvalue weighted by molar-refractivity contribution is 5.85. The molecule has 1 amide bonds. The molecule has 2 heterocycles. The van der Waals surface area contributed by atoms with Crippen LogP contribution in [0.25, 0.3) is 22.2 Å². The molecule has 1 saturated carbocycles. The lowest BCUT2D eigenvalue weighted by molar-refractivity contribution is -0.133. The number of nitrogens with zero attached hydrogens (tertiary/aromatic N) is 3. The van der Waals surface area contributed by atoms with E-state index >= 15 is 0 Å². The monoisotopic (exact) mass is 359 g/mol. The van der Waals surface area contributed by atoms with Crippen LogP contribution >= 0.6 is 0 Å². The van der Waals surface area contributed by atoms with E-state index in [4.69, 9.17) is 0 Å². The summed E-state index contributed by atoms with van der Waals surface area (Å²) in [5.74, 6) is 1.37. The Morgan fingerprint density at radius 1 is 1.04 bits per heavy atom. The highest BCUT2D eigenvalue weighted by atomic mass is 16.3. The number of hydrogen-bond donors (Lipinski definition) is 1. The summed E-state index contributed by atoms with van der Waals surface area (Å²) >= 11 is 0. The zero-order valence-corrected chi connectivity index (χ0v) is 15.2. The van der Waals surface area contributed by atoms with E-state index in [1.807, 2.05) is 23.1 Å². The summed E-state index contributed by atoms with van der Waals surface area (Å²) in [6.45, 7) is 3.23. The number of hydrogen-bond acceptors (Lipinski definition) is 4. The summed E-state index contributed by atoms with van der Waals surface area (Å²) < 4.78 is 0. The zero-order valence-electron chi connectivity index (χ0n) is 15.2. The molecule has 2 aromatic carbocycles. The van der Waals surface area contributed by atoms with E-state index in [9.17, 15) is 9.90 Å². The van der Waals surface area contributed by atoms with Crippen molar-refractivity contribution in [2.24, 2.45) is 0 Å². The Bertz CT molecular complexity index is 1050. The van der Waals surface area contributed by atoms with Crippen LogP contribution in [0.5, 0.6) is 5.75 Å². The van der Waals surface area contributed by atoms with Crippen LogP contribution < -0.4 is 0 Å². The number of fused-ring (bicyclic) bond motifs is 1. The largest absolute Gasteiger partial charge is 0.507 e. The number of carbonyl (C=O) groups excluding carboxylic acids is 1. The first-order valence-electron chi connectivity index (χ1n) is 9.45. The van der Waals surface area contributed by atoms with Gasteiger partial charge in [-0.1, -0.05) is 12.1 Å². The normalized spacial score (nSPS) is 17.1. The molecule has 1 aliphatic heterocycles. The first-order valence-corrected chi connectivity index (χ1v) is 9.45. The molecule has 0 atom stereocenters. The van der Waals surface area contributed by atoms with Crippen LogP contribution in [0.15, 0.2) is 42.5 Å². The third-order valence-corrected chi connectivity index (χ3v) is 5.75.